The maximum absolute atomic E-state index is 5.74. The quantitative estimate of drug-likeness (QED) is 0.636. The van der Waals surface area contributed by atoms with Crippen LogP contribution in [-0.4, -0.2) is 37.6 Å². The van der Waals surface area contributed by atoms with E-state index in [9.17, 15) is 0 Å². The summed E-state index contributed by atoms with van der Waals surface area (Å²) in [6.45, 7) is 10.8. The second kappa shape index (κ2) is 10.5. The molecule has 0 fully saturated rings. The Labute approximate surface area is 128 Å². The largest absolute Gasteiger partial charge is 0.492 e. The fourth-order valence-electron chi connectivity index (χ4n) is 2.09. The standard InChI is InChI=1S/C16H28N2O3/c1-5-9-18-15(16(20-7-3)21-8-4)13-10-14(19-6-2)12-17-11-13/h10-12,15-16,18H,5-9H2,1-4H3. The number of ether oxygens (including phenoxy) is 3. The summed E-state index contributed by atoms with van der Waals surface area (Å²) in [4.78, 5) is 4.26. The molecule has 0 bridgehead atoms. The summed E-state index contributed by atoms with van der Waals surface area (Å²) < 4.78 is 17.0. The number of pyridine rings is 1. The summed E-state index contributed by atoms with van der Waals surface area (Å²) in [5.74, 6) is 0.769. The summed E-state index contributed by atoms with van der Waals surface area (Å²) in [5.41, 5.74) is 1.02. The Hall–Kier alpha value is -1.17. The van der Waals surface area contributed by atoms with Crippen LogP contribution in [-0.2, 0) is 9.47 Å². The molecule has 21 heavy (non-hydrogen) atoms. The van der Waals surface area contributed by atoms with Gasteiger partial charge in [-0.05, 0) is 45.4 Å². The molecule has 1 atom stereocenters. The van der Waals surface area contributed by atoms with Crippen molar-refractivity contribution in [3.8, 4) is 5.75 Å². The molecule has 1 heterocycles. The van der Waals surface area contributed by atoms with Crippen molar-refractivity contribution >= 4 is 0 Å². The highest BCUT2D eigenvalue weighted by Gasteiger charge is 2.24. The monoisotopic (exact) mass is 296 g/mol. The second-order valence-electron chi connectivity index (χ2n) is 4.60. The molecule has 0 saturated heterocycles. The zero-order valence-electron chi connectivity index (χ0n) is 13.6. The molecule has 0 aliphatic heterocycles. The summed E-state index contributed by atoms with van der Waals surface area (Å²) >= 11 is 0. The Kier molecular flexibility index (Phi) is 8.98. The minimum absolute atomic E-state index is 0.0576. The van der Waals surface area contributed by atoms with E-state index < -0.39 is 0 Å². The van der Waals surface area contributed by atoms with Gasteiger partial charge >= 0.3 is 0 Å². The summed E-state index contributed by atoms with van der Waals surface area (Å²) in [6.07, 6.45) is 4.27. The number of aromatic nitrogens is 1. The minimum Gasteiger partial charge on any atom is -0.492 e. The molecule has 120 valence electrons. The van der Waals surface area contributed by atoms with Gasteiger partial charge in [-0.2, -0.15) is 0 Å². The van der Waals surface area contributed by atoms with Crippen LogP contribution in [0.5, 0.6) is 5.75 Å². The van der Waals surface area contributed by atoms with Gasteiger partial charge in [-0.25, -0.2) is 0 Å². The Morgan fingerprint density at radius 1 is 1.05 bits per heavy atom. The Morgan fingerprint density at radius 3 is 2.33 bits per heavy atom. The van der Waals surface area contributed by atoms with Crippen molar-refractivity contribution in [1.82, 2.24) is 10.3 Å². The molecule has 0 aromatic carbocycles. The molecule has 0 saturated carbocycles. The third-order valence-electron chi connectivity index (χ3n) is 2.95. The molecule has 0 radical (unpaired) electrons. The molecule has 0 aliphatic carbocycles. The van der Waals surface area contributed by atoms with Crippen LogP contribution in [0.3, 0.4) is 0 Å². The molecule has 1 rings (SSSR count). The molecule has 5 nitrogen and oxygen atoms in total. The first-order valence-corrected chi connectivity index (χ1v) is 7.81. The van der Waals surface area contributed by atoms with Crippen LogP contribution in [0.1, 0.15) is 45.7 Å². The number of rotatable bonds is 11. The van der Waals surface area contributed by atoms with E-state index in [2.05, 4.69) is 17.2 Å². The Balaban J connectivity index is 2.95. The summed E-state index contributed by atoms with van der Waals surface area (Å²) in [5, 5.41) is 3.48. The van der Waals surface area contributed by atoms with Crippen molar-refractivity contribution < 1.29 is 14.2 Å². The topological polar surface area (TPSA) is 52.6 Å². The second-order valence-corrected chi connectivity index (χ2v) is 4.60. The van der Waals surface area contributed by atoms with E-state index in [-0.39, 0.29) is 12.3 Å². The Morgan fingerprint density at radius 2 is 1.76 bits per heavy atom. The van der Waals surface area contributed by atoms with Crippen LogP contribution in [0.2, 0.25) is 0 Å². The van der Waals surface area contributed by atoms with Gasteiger partial charge < -0.3 is 19.5 Å². The fourth-order valence-corrected chi connectivity index (χ4v) is 2.09. The molecule has 1 aromatic rings. The first-order valence-electron chi connectivity index (χ1n) is 7.81. The first-order chi connectivity index (χ1) is 10.3. The molecule has 0 amide bonds. The van der Waals surface area contributed by atoms with Gasteiger partial charge in [0.25, 0.3) is 0 Å². The highest BCUT2D eigenvalue weighted by Crippen LogP contribution is 2.23. The average Bonchev–Trinajstić information content (AvgIpc) is 2.49. The third-order valence-corrected chi connectivity index (χ3v) is 2.95. The van der Waals surface area contributed by atoms with Gasteiger partial charge in [-0.1, -0.05) is 6.92 Å². The van der Waals surface area contributed by atoms with E-state index in [1.807, 2.05) is 33.0 Å². The van der Waals surface area contributed by atoms with E-state index in [1.54, 1.807) is 6.20 Å². The zero-order valence-corrected chi connectivity index (χ0v) is 13.6. The summed E-state index contributed by atoms with van der Waals surface area (Å²) in [6, 6.07) is 1.94. The highest BCUT2D eigenvalue weighted by molar-refractivity contribution is 5.26. The lowest BCUT2D eigenvalue weighted by molar-refractivity contribution is -0.155. The van der Waals surface area contributed by atoms with E-state index in [0.29, 0.717) is 19.8 Å². The fraction of sp³-hybridized carbons (Fsp3) is 0.688. The smallest absolute Gasteiger partial charge is 0.176 e. The average molecular weight is 296 g/mol. The van der Waals surface area contributed by atoms with Crippen LogP contribution in [0, 0.1) is 0 Å². The van der Waals surface area contributed by atoms with E-state index in [1.165, 1.54) is 0 Å². The lowest BCUT2D eigenvalue weighted by Gasteiger charge is -2.28. The summed E-state index contributed by atoms with van der Waals surface area (Å²) in [7, 11) is 0. The lowest BCUT2D eigenvalue weighted by Crippen LogP contribution is -2.36. The van der Waals surface area contributed by atoms with Crippen LogP contribution >= 0.6 is 0 Å². The van der Waals surface area contributed by atoms with Crippen LogP contribution in [0.25, 0.3) is 0 Å². The van der Waals surface area contributed by atoms with Crippen LogP contribution < -0.4 is 10.1 Å². The third kappa shape index (κ3) is 5.99. The highest BCUT2D eigenvalue weighted by atomic mass is 16.7. The molecule has 1 aromatic heterocycles. The lowest BCUT2D eigenvalue weighted by atomic mass is 10.1. The molecule has 1 unspecified atom stereocenters. The van der Waals surface area contributed by atoms with Gasteiger partial charge in [0.1, 0.15) is 5.75 Å². The molecular formula is C16H28N2O3. The zero-order chi connectivity index (χ0) is 15.5. The predicted octanol–water partition coefficient (Wildman–Crippen LogP) is 2.92. The normalized spacial score (nSPS) is 12.6. The number of nitrogens with zero attached hydrogens (tertiary/aromatic N) is 1. The van der Waals surface area contributed by atoms with Gasteiger partial charge in [-0.3, -0.25) is 4.98 Å². The molecule has 5 heteroatoms. The van der Waals surface area contributed by atoms with Crippen molar-refractivity contribution in [2.75, 3.05) is 26.4 Å². The number of hydrogen-bond acceptors (Lipinski definition) is 5. The van der Waals surface area contributed by atoms with Crippen molar-refractivity contribution in [3.63, 3.8) is 0 Å². The number of nitrogens with one attached hydrogen (secondary N) is 1. The Bertz CT molecular complexity index is 382. The maximum Gasteiger partial charge on any atom is 0.176 e. The number of hydrogen-bond donors (Lipinski definition) is 1. The van der Waals surface area contributed by atoms with Gasteiger partial charge in [0.05, 0.1) is 18.8 Å². The van der Waals surface area contributed by atoms with E-state index >= 15 is 0 Å². The van der Waals surface area contributed by atoms with Gasteiger partial charge in [-0.15, -0.1) is 0 Å². The van der Waals surface area contributed by atoms with Crippen molar-refractivity contribution in [2.45, 2.75) is 46.4 Å². The van der Waals surface area contributed by atoms with E-state index in [0.717, 1.165) is 24.3 Å². The molecule has 0 aliphatic rings. The van der Waals surface area contributed by atoms with Crippen molar-refractivity contribution in [3.05, 3.63) is 24.0 Å². The molecule has 1 N–H and O–H groups in total. The molecular weight excluding hydrogens is 268 g/mol. The van der Waals surface area contributed by atoms with Gasteiger partial charge in [0.15, 0.2) is 6.29 Å². The SMILES string of the molecule is CCCNC(c1cncc(OCC)c1)C(OCC)OCC. The van der Waals surface area contributed by atoms with Gasteiger partial charge in [0.2, 0.25) is 0 Å². The first kappa shape index (κ1) is 17.9. The van der Waals surface area contributed by atoms with Gasteiger partial charge in [0, 0.05) is 19.4 Å². The van der Waals surface area contributed by atoms with Crippen LogP contribution in [0.4, 0.5) is 0 Å². The van der Waals surface area contributed by atoms with Crippen LogP contribution in [0.15, 0.2) is 18.5 Å². The maximum atomic E-state index is 5.74. The van der Waals surface area contributed by atoms with Crippen molar-refractivity contribution in [2.24, 2.45) is 0 Å². The molecule has 0 spiro atoms. The minimum atomic E-state index is -0.328. The predicted molar refractivity (Wildman–Crippen MR) is 83.5 cm³/mol. The van der Waals surface area contributed by atoms with Crippen molar-refractivity contribution in [1.29, 1.82) is 0 Å². The van der Waals surface area contributed by atoms with E-state index in [4.69, 9.17) is 14.2 Å².